The van der Waals surface area contributed by atoms with Crippen LogP contribution in [-0.4, -0.2) is 24.2 Å². The van der Waals surface area contributed by atoms with Crippen molar-refractivity contribution < 1.29 is 9.32 Å². The van der Waals surface area contributed by atoms with E-state index < -0.39 is 0 Å². The molecule has 1 rings (SSSR count). The second-order valence-electron chi connectivity index (χ2n) is 3.44. The number of nitrogens with zero attached hydrogens (tertiary/aromatic N) is 1. The van der Waals surface area contributed by atoms with Crippen molar-refractivity contribution in [1.82, 2.24) is 10.5 Å². The number of hydrogen-bond acceptors (Lipinski definition) is 4. The second kappa shape index (κ2) is 5.50. The fourth-order valence-electron chi connectivity index (χ4n) is 1.40. The van der Waals surface area contributed by atoms with E-state index in [0.29, 0.717) is 25.9 Å². The molecule has 1 heterocycles. The predicted octanol–water partition coefficient (Wildman–Crippen LogP) is 0.299. The van der Waals surface area contributed by atoms with Crippen LogP contribution < -0.4 is 11.1 Å². The van der Waals surface area contributed by atoms with E-state index >= 15 is 0 Å². The molecule has 5 nitrogen and oxygen atoms in total. The molecule has 3 N–H and O–H groups in total. The Kier molecular flexibility index (Phi) is 4.30. The molecule has 0 aromatic carbocycles. The summed E-state index contributed by atoms with van der Waals surface area (Å²) in [6, 6.07) is 0. The van der Waals surface area contributed by atoms with Crippen molar-refractivity contribution in [3.05, 3.63) is 17.0 Å². The van der Waals surface area contributed by atoms with Gasteiger partial charge >= 0.3 is 0 Å². The van der Waals surface area contributed by atoms with Gasteiger partial charge in [0, 0.05) is 25.1 Å². The van der Waals surface area contributed by atoms with E-state index in [-0.39, 0.29) is 5.91 Å². The summed E-state index contributed by atoms with van der Waals surface area (Å²) in [5.41, 5.74) is 7.16. The van der Waals surface area contributed by atoms with Crippen LogP contribution in [0.2, 0.25) is 0 Å². The van der Waals surface area contributed by atoms with Crippen molar-refractivity contribution in [2.75, 3.05) is 13.1 Å². The van der Waals surface area contributed by atoms with Gasteiger partial charge in [0.15, 0.2) is 0 Å². The van der Waals surface area contributed by atoms with Gasteiger partial charge in [0.2, 0.25) is 5.91 Å². The van der Waals surface area contributed by atoms with Gasteiger partial charge in [-0.05, 0) is 20.3 Å². The number of carbonyl (C=O) groups excluding carboxylic acids is 1. The van der Waals surface area contributed by atoms with Gasteiger partial charge in [0.05, 0.1) is 5.69 Å². The van der Waals surface area contributed by atoms with Crippen LogP contribution in [0.1, 0.15) is 23.4 Å². The van der Waals surface area contributed by atoms with Gasteiger partial charge in [-0.25, -0.2) is 0 Å². The smallest absolute Gasteiger partial charge is 0.220 e. The van der Waals surface area contributed by atoms with E-state index in [4.69, 9.17) is 10.3 Å². The maximum Gasteiger partial charge on any atom is 0.220 e. The molecule has 0 fully saturated rings. The van der Waals surface area contributed by atoms with Crippen LogP contribution in [-0.2, 0) is 11.2 Å². The average Bonchev–Trinajstić information content (AvgIpc) is 2.53. The fourth-order valence-corrected chi connectivity index (χ4v) is 1.40. The summed E-state index contributed by atoms with van der Waals surface area (Å²) in [5.74, 6) is 0.805. The van der Waals surface area contributed by atoms with Crippen molar-refractivity contribution in [1.29, 1.82) is 0 Å². The molecule has 1 amide bonds. The van der Waals surface area contributed by atoms with Crippen molar-refractivity contribution >= 4 is 5.91 Å². The van der Waals surface area contributed by atoms with E-state index in [9.17, 15) is 4.79 Å². The van der Waals surface area contributed by atoms with E-state index in [1.165, 1.54) is 0 Å². The number of carbonyl (C=O) groups is 1. The minimum Gasteiger partial charge on any atom is -0.361 e. The zero-order valence-corrected chi connectivity index (χ0v) is 9.17. The number of nitrogens with two attached hydrogens (primary N) is 1. The minimum absolute atomic E-state index is 0.0143. The quantitative estimate of drug-likeness (QED) is 0.734. The van der Waals surface area contributed by atoms with E-state index in [1.54, 1.807) is 0 Å². The first kappa shape index (κ1) is 11.7. The molecule has 1 aromatic heterocycles. The zero-order chi connectivity index (χ0) is 11.3. The van der Waals surface area contributed by atoms with Crippen LogP contribution >= 0.6 is 0 Å². The van der Waals surface area contributed by atoms with Crippen LogP contribution in [0, 0.1) is 13.8 Å². The molecule has 0 aliphatic carbocycles. The lowest BCUT2D eigenvalue weighted by atomic mass is 10.1. The molecule has 0 saturated heterocycles. The molecular weight excluding hydrogens is 194 g/mol. The summed E-state index contributed by atoms with van der Waals surface area (Å²) < 4.78 is 5.01. The van der Waals surface area contributed by atoms with Gasteiger partial charge < -0.3 is 15.6 Å². The lowest BCUT2D eigenvalue weighted by Crippen LogP contribution is -2.29. The molecule has 0 atom stereocenters. The Labute approximate surface area is 89.0 Å². The Bertz CT molecular complexity index is 314. The van der Waals surface area contributed by atoms with Gasteiger partial charge in [0.1, 0.15) is 5.76 Å². The molecule has 0 unspecified atom stereocenters. The maximum atomic E-state index is 11.3. The van der Waals surface area contributed by atoms with E-state index in [1.807, 2.05) is 13.8 Å². The van der Waals surface area contributed by atoms with Crippen LogP contribution in [0.5, 0.6) is 0 Å². The third-order valence-corrected chi connectivity index (χ3v) is 2.25. The van der Waals surface area contributed by atoms with Gasteiger partial charge in [-0.2, -0.15) is 0 Å². The third-order valence-electron chi connectivity index (χ3n) is 2.25. The van der Waals surface area contributed by atoms with Crippen molar-refractivity contribution in [2.24, 2.45) is 5.73 Å². The SMILES string of the molecule is Cc1noc(C)c1CCC(=O)NCCN. The topological polar surface area (TPSA) is 81.2 Å². The molecule has 0 saturated carbocycles. The van der Waals surface area contributed by atoms with Gasteiger partial charge in [-0.15, -0.1) is 0 Å². The number of hydrogen-bond donors (Lipinski definition) is 2. The summed E-state index contributed by atoms with van der Waals surface area (Å²) in [6.45, 7) is 4.73. The largest absolute Gasteiger partial charge is 0.361 e. The van der Waals surface area contributed by atoms with Gasteiger partial charge in [-0.3, -0.25) is 4.79 Å². The molecule has 0 radical (unpaired) electrons. The summed E-state index contributed by atoms with van der Waals surface area (Å²) >= 11 is 0. The number of aromatic nitrogens is 1. The zero-order valence-electron chi connectivity index (χ0n) is 9.17. The highest BCUT2D eigenvalue weighted by Crippen LogP contribution is 2.13. The van der Waals surface area contributed by atoms with Crippen LogP contribution in [0.3, 0.4) is 0 Å². The first-order valence-electron chi connectivity index (χ1n) is 5.03. The summed E-state index contributed by atoms with van der Waals surface area (Å²) in [5, 5.41) is 6.55. The number of aryl methyl sites for hydroxylation is 2. The Morgan fingerprint density at radius 3 is 2.80 bits per heavy atom. The van der Waals surface area contributed by atoms with Crippen LogP contribution in [0.25, 0.3) is 0 Å². The second-order valence-corrected chi connectivity index (χ2v) is 3.44. The van der Waals surface area contributed by atoms with E-state index in [2.05, 4.69) is 10.5 Å². The molecule has 1 aromatic rings. The van der Waals surface area contributed by atoms with Gasteiger partial charge in [-0.1, -0.05) is 5.16 Å². The molecule has 0 aliphatic heterocycles. The third kappa shape index (κ3) is 3.36. The predicted molar refractivity (Wildman–Crippen MR) is 56.4 cm³/mol. The number of nitrogens with one attached hydrogen (secondary N) is 1. The first-order chi connectivity index (χ1) is 7.15. The lowest BCUT2D eigenvalue weighted by molar-refractivity contribution is -0.120. The maximum absolute atomic E-state index is 11.3. The Hall–Kier alpha value is -1.36. The standard InChI is InChI=1S/C10H17N3O2/c1-7-9(8(2)15-13-7)3-4-10(14)12-6-5-11/h3-6,11H2,1-2H3,(H,12,14). The van der Waals surface area contributed by atoms with Crippen LogP contribution in [0.15, 0.2) is 4.52 Å². The van der Waals surface area contributed by atoms with Crippen LogP contribution in [0.4, 0.5) is 0 Å². The highest BCUT2D eigenvalue weighted by molar-refractivity contribution is 5.76. The Morgan fingerprint density at radius 1 is 1.53 bits per heavy atom. The molecular formula is C10H17N3O2. The summed E-state index contributed by atoms with van der Waals surface area (Å²) in [6.07, 6.45) is 1.11. The lowest BCUT2D eigenvalue weighted by Gasteiger charge is -2.02. The highest BCUT2D eigenvalue weighted by atomic mass is 16.5. The van der Waals surface area contributed by atoms with E-state index in [0.717, 1.165) is 17.0 Å². The number of amides is 1. The molecule has 0 bridgehead atoms. The fraction of sp³-hybridized carbons (Fsp3) is 0.600. The summed E-state index contributed by atoms with van der Waals surface area (Å²) in [4.78, 5) is 11.3. The Morgan fingerprint density at radius 2 is 2.27 bits per heavy atom. The normalized spacial score (nSPS) is 10.3. The first-order valence-corrected chi connectivity index (χ1v) is 5.03. The highest BCUT2D eigenvalue weighted by Gasteiger charge is 2.10. The molecule has 0 spiro atoms. The van der Waals surface area contributed by atoms with Crippen molar-refractivity contribution in [3.8, 4) is 0 Å². The Balaban J connectivity index is 2.40. The summed E-state index contributed by atoms with van der Waals surface area (Å²) in [7, 11) is 0. The van der Waals surface area contributed by atoms with Gasteiger partial charge in [0.25, 0.3) is 0 Å². The monoisotopic (exact) mass is 211 g/mol. The average molecular weight is 211 g/mol. The molecule has 5 heteroatoms. The molecule has 84 valence electrons. The minimum atomic E-state index is 0.0143. The number of rotatable bonds is 5. The van der Waals surface area contributed by atoms with Crippen molar-refractivity contribution in [3.63, 3.8) is 0 Å². The molecule has 15 heavy (non-hydrogen) atoms. The molecule has 0 aliphatic rings. The van der Waals surface area contributed by atoms with Crippen molar-refractivity contribution in [2.45, 2.75) is 26.7 Å².